The second-order valence-electron chi connectivity index (χ2n) is 10.4. The van der Waals surface area contributed by atoms with Crippen LogP contribution >= 0.6 is 11.6 Å². The van der Waals surface area contributed by atoms with Gasteiger partial charge in [0.2, 0.25) is 15.6 Å². The number of amides is 1. The number of alkyl halides is 3. The maximum Gasteiger partial charge on any atom is 0.427 e. The number of nitrogens with zero attached hydrogens (tertiary/aromatic N) is 1. The third kappa shape index (κ3) is 6.71. The van der Waals surface area contributed by atoms with E-state index in [9.17, 15) is 39.2 Å². The molecule has 1 heterocycles. The number of fused-ring (bicyclic) bond motifs is 1. The molecule has 10 nitrogen and oxygen atoms in total. The number of nitrogens with one attached hydrogen (secondary N) is 2. The van der Waals surface area contributed by atoms with Crippen LogP contribution in [0.4, 0.5) is 33.7 Å². The molecule has 1 fully saturated rings. The van der Waals surface area contributed by atoms with E-state index in [4.69, 9.17) is 16.3 Å². The van der Waals surface area contributed by atoms with E-state index >= 15 is 0 Å². The zero-order valence-electron chi connectivity index (χ0n) is 22.5. The molecule has 0 spiro atoms. The molecule has 17 heteroatoms. The highest BCUT2D eigenvalue weighted by atomic mass is 35.5. The number of benzene rings is 2. The van der Waals surface area contributed by atoms with Gasteiger partial charge < -0.3 is 9.47 Å². The van der Waals surface area contributed by atoms with Crippen LogP contribution in [0.2, 0.25) is 5.02 Å². The number of anilines is 2. The monoisotopic (exact) mass is 657 g/mol. The van der Waals surface area contributed by atoms with E-state index in [0.717, 1.165) is 28.6 Å². The van der Waals surface area contributed by atoms with Gasteiger partial charge in [-0.25, -0.2) is 30.7 Å². The number of sulfonamides is 2. The average Bonchev–Trinajstić information content (AvgIpc) is 3.69. The number of halogens is 5. The number of hydrogen-bond acceptors (Lipinski definition) is 7. The van der Waals surface area contributed by atoms with E-state index in [1.165, 1.54) is 12.1 Å². The van der Waals surface area contributed by atoms with Gasteiger partial charge in [-0.1, -0.05) is 24.9 Å². The number of rotatable bonds is 9. The molecule has 0 radical (unpaired) electrons. The van der Waals surface area contributed by atoms with Crippen molar-refractivity contribution in [3.05, 3.63) is 47.2 Å². The summed E-state index contributed by atoms with van der Waals surface area (Å²) < 4.78 is 120. The van der Waals surface area contributed by atoms with Gasteiger partial charge in [-0.05, 0) is 62.6 Å². The summed E-state index contributed by atoms with van der Waals surface area (Å²) in [4.78, 5) is 11.8. The smallest absolute Gasteiger partial charge is 0.427 e. The van der Waals surface area contributed by atoms with Crippen molar-refractivity contribution in [2.75, 3.05) is 22.7 Å². The van der Waals surface area contributed by atoms with Crippen LogP contribution in [0.1, 0.15) is 33.6 Å². The van der Waals surface area contributed by atoms with Crippen LogP contribution in [0.25, 0.3) is 0 Å². The van der Waals surface area contributed by atoms with Crippen molar-refractivity contribution >= 4 is 49.1 Å². The molecule has 0 saturated heterocycles. The molecule has 1 aliphatic carbocycles. The molecule has 0 aromatic heterocycles. The SMILES string of the molecule is CCC1CC1S(=O)(=O)NC[C@H]1CN(S(=O)(=O)c2ccc(F)c(Cl)c2)c2cc(NC(=O)OC(C)(C)C(F)(F)F)ccc2O1. The molecule has 2 aliphatic rings. The first-order chi connectivity index (χ1) is 19.4. The maximum atomic E-state index is 13.8. The standard InChI is InChI=1S/C25H28ClF4N3O7S2/c1-4-14-9-22(14)41(35,36)31-12-16-13-33(42(37,38)17-6-7-19(27)18(26)11-17)20-10-15(5-8-21(20)39-16)32-23(34)40-24(2,3)25(28,29)30/h5-8,10-11,14,16,22,31H,4,9,12-13H2,1-3H3,(H,32,34)/t14?,16-,22?/m0/s1. The third-order valence-electron chi connectivity index (χ3n) is 6.94. The molecule has 0 bridgehead atoms. The summed E-state index contributed by atoms with van der Waals surface area (Å²) in [5.74, 6) is -0.855. The fourth-order valence-corrected chi connectivity index (χ4v) is 7.87. The zero-order valence-corrected chi connectivity index (χ0v) is 24.9. The number of carbonyl (C=O) groups is 1. The van der Waals surface area contributed by atoms with E-state index in [1.807, 2.05) is 6.92 Å². The topological polar surface area (TPSA) is 131 Å². The Kier molecular flexibility index (Phi) is 8.68. The van der Waals surface area contributed by atoms with Crippen LogP contribution in [0.5, 0.6) is 5.75 Å². The quantitative estimate of drug-likeness (QED) is 0.361. The summed E-state index contributed by atoms with van der Waals surface area (Å²) in [7, 11) is -8.16. The molecule has 232 valence electrons. The van der Waals surface area contributed by atoms with Crippen molar-refractivity contribution < 1.29 is 48.7 Å². The molecule has 3 atom stereocenters. The predicted molar refractivity (Wildman–Crippen MR) is 146 cm³/mol. The fraction of sp³-hybridized carbons (Fsp3) is 0.480. The lowest BCUT2D eigenvalue weighted by Gasteiger charge is -2.36. The Morgan fingerprint density at radius 2 is 1.83 bits per heavy atom. The van der Waals surface area contributed by atoms with Gasteiger partial charge in [0.15, 0.2) is 0 Å². The molecule has 4 rings (SSSR count). The first-order valence-electron chi connectivity index (χ1n) is 12.7. The van der Waals surface area contributed by atoms with Crippen molar-refractivity contribution in [2.45, 2.75) is 61.6 Å². The van der Waals surface area contributed by atoms with Gasteiger partial charge in [-0.3, -0.25) is 9.62 Å². The van der Waals surface area contributed by atoms with E-state index in [1.54, 1.807) is 0 Å². The van der Waals surface area contributed by atoms with Gasteiger partial charge in [0.1, 0.15) is 17.7 Å². The van der Waals surface area contributed by atoms with Gasteiger partial charge in [0.05, 0.1) is 27.4 Å². The lowest BCUT2D eigenvalue weighted by Crippen LogP contribution is -2.48. The van der Waals surface area contributed by atoms with Crippen LogP contribution in [-0.2, 0) is 24.8 Å². The highest BCUT2D eigenvalue weighted by molar-refractivity contribution is 7.92. The Hall–Kier alpha value is -2.82. The van der Waals surface area contributed by atoms with Crippen molar-refractivity contribution in [1.29, 1.82) is 0 Å². The predicted octanol–water partition coefficient (Wildman–Crippen LogP) is 5.04. The highest BCUT2D eigenvalue weighted by Gasteiger charge is 2.51. The lowest BCUT2D eigenvalue weighted by atomic mass is 10.1. The van der Waals surface area contributed by atoms with Crippen molar-refractivity contribution in [1.82, 2.24) is 4.72 Å². The molecule has 2 aromatic rings. The van der Waals surface area contributed by atoms with Crippen LogP contribution in [0, 0.1) is 11.7 Å². The number of hydrogen-bond donors (Lipinski definition) is 2. The van der Waals surface area contributed by atoms with Gasteiger partial charge in [0, 0.05) is 12.2 Å². The van der Waals surface area contributed by atoms with Gasteiger partial charge in [-0.15, -0.1) is 0 Å². The Labute approximate surface area is 245 Å². The molecule has 2 N–H and O–H groups in total. The fourth-order valence-electron chi connectivity index (χ4n) is 4.27. The first-order valence-corrected chi connectivity index (χ1v) is 16.1. The van der Waals surface area contributed by atoms with Gasteiger partial charge >= 0.3 is 12.3 Å². The molecule has 1 amide bonds. The minimum Gasteiger partial charge on any atom is -0.485 e. The summed E-state index contributed by atoms with van der Waals surface area (Å²) in [6, 6.07) is 6.38. The summed E-state index contributed by atoms with van der Waals surface area (Å²) in [6.07, 6.45) is -6.10. The summed E-state index contributed by atoms with van der Waals surface area (Å²) >= 11 is 5.81. The third-order valence-corrected chi connectivity index (χ3v) is 10.9. The molecule has 1 aliphatic heterocycles. The molecule has 1 saturated carbocycles. The largest absolute Gasteiger partial charge is 0.485 e. The molecule has 2 aromatic carbocycles. The second kappa shape index (κ2) is 11.4. The zero-order chi connectivity index (χ0) is 31.3. The Balaban J connectivity index is 1.64. The van der Waals surface area contributed by atoms with Gasteiger partial charge in [0.25, 0.3) is 10.0 Å². The molecule has 42 heavy (non-hydrogen) atoms. The van der Waals surface area contributed by atoms with Crippen molar-refractivity contribution in [2.24, 2.45) is 5.92 Å². The maximum absolute atomic E-state index is 13.8. The summed E-state index contributed by atoms with van der Waals surface area (Å²) in [5.41, 5.74) is -3.07. The normalized spacial score (nSPS) is 20.9. The highest BCUT2D eigenvalue weighted by Crippen LogP contribution is 2.41. The van der Waals surface area contributed by atoms with E-state index in [-0.39, 0.29) is 29.6 Å². The van der Waals surface area contributed by atoms with Gasteiger partial charge in [-0.2, -0.15) is 13.2 Å². The molecular formula is C25H28ClF4N3O7S2. The Morgan fingerprint density at radius 3 is 2.43 bits per heavy atom. The number of carbonyl (C=O) groups excluding carboxylic acids is 1. The molecule has 2 unspecified atom stereocenters. The van der Waals surface area contributed by atoms with Crippen LogP contribution in [0.15, 0.2) is 41.3 Å². The van der Waals surface area contributed by atoms with Crippen molar-refractivity contribution in [3.8, 4) is 5.75 Å². The minimum atomic E-state index is -4.86. The van der Waals surface area contributed by atoms with E-state index in [2.05, 4.69) is 14.8 Å². The average molecular weight is 658 g/mol. The Bertz CT molecular complexity index is 1590. The van der Waals surface area contributed by atoms with E-state index in [0.29, 0.717) is 26.7 Å². The Morgan fingerprint density at radius 1 is 1.14 bits per heavy atom. The van der Waals surface area contributed by atoms with E-state index < -0.39 is 71.6 Å². The molecular weight excluding hydrogens is 630 g/mol. The second-order valence-corrected chi connectivity index (χ2v) is 14.6. The van der Waals surface area contributed by atoms with Crippen LogP contribution in [0.3, 0.4) is 0 Å². The van der Waals surface area contributed by atoms with Crippen LogP contribution < -0.4 is 19.1 Å². The minimum absolute atomic E-state index is 0.0328. The summed E-state index contributed by atoms with van der Waals surface area (Å²) in [6.45, 7) is 2.52. The van der Waals surface area contributed by atoms with Crippen LogP contribution in [-0.4, -0.2) is 59.1 Å². The summed E-state index contributed by atoms with van der Waals surface area (Å²) in [5, 5.41) is 1.12. The first kappa shape index (κ1) is 32.1. The van der Waals surface area contributed by atoms with Crippen molar-refractivity contribution in [3.63, 3.8) is 0 Å². The lowest BCUT2D eigenvalue weighted by molar-refractivity contribution is -0.242. The number of ether oxygens (including phenoxy) is 2.